The maximum Gasteiger partial charge on any atom is 0.343 e. The second-order valence-electron chi connectivity index (χ2n) is 5.35. The SMILES string of the molecule is COc1ccc([N+](=O)[O-])cc1S(=O)(=O)Oc1ccc(C(C)C)cc1. The Morgan fingerprint density at radius 1 is 1.08 bits per heavy atom. The fourth-order valence-electron chi connectivity index (χ4n) is 2.05. The number of non-ortho nitro benzene ring substituents is 1. The first kappa shape index (κ1) is 17.7. The Kier molecular flexibility index (Phi) is 5.08. The van der Waals surface area contributed by atoms with Crippen molar-refractivity contribution in [1.82, 2.24) is 0 Å². The minimum absolute atomic E-state index is 0.0283. The quantitative estimate of drug-likeness (QED) is 0.449. The molecule has 0 bridgehead atoms. The molecule has 0 radical (unpaired) electrons. The molecule has 128 valence electrons. The largest absolute Gasteiger partial charge is 0.495 e. The number of rotatable bonds is 6. The van der Waals surface area contributed by atoms with Crippen molar-refractivity contribution in [2.45, 2.75) is 24.7 Å². The second-order valence-corrected chi connectivity index (χ2v) is 6.87. The Hall–Kier alpha value is -2.61. The summed E-state index contributed by atoms with van der Waals surface area (Å²) in [5.74, 6) is 0.389. The Morgan fingerprint density at radius 2 is 1.71 bits per heavy atom. The van der Waals surface area contributed by atoms with Crippen molar-refractivity contribution in [2.24, 2.45) is 0 Å². The number of nitrogens with zero attached hydrogens (tertiary/aromatic N) is 1. The highest BCUT2D eigenvalue weighted by atomic mass is 32.2. The van der Waals surface area contributed by atoms with E-state index >= 15 is 0 Å². The van der Waals surface area contributed by atoms with Gasteiger partial charge in [0.15, 0.2) is 4.90 Å². The average Bonchev–Trinajstić information content (AvgIpc) is 2.54. The van der Waals surface area contributed by atoms with Gasteiger partial charge >= 0.3 is 10.1 Å². The van der Waals surface area contributed by atoms with Gasteiger partial charge in [-0.05, 0) is 29.7 Å². The fourth-order valence-corrected chi connectivity index (χ4v) is 3.17. The van der Waals surface area contributed by atoms with Crippen LogP contribution in [0.2, 0.25) is 0 Å². The third-order valence-corrected chi connectivity index (χ3v) is 4.65. The van der Waals surface area contributed by atoms with Crippen molar-refractivity contribution >= 4 is 15.8 Å². The monoisotopic (exact) mass is 351 g/mol. The molecule has 0 saturated heterocycles. The highest BCUT2D eigenvalue weighted by molar-refractivity contribution is 7.87. The summed E-state index contributed by atoms with van der Waals surface area (Å²) >= 11 is 0. The van der Waals surface area contributed by atoms with Crippen LogP contribution >= 0.6 is 0 Å². The van der Waals surface area contributed by atoms with Crippen molar-refractivity contribution in [2.75, 3.05) is 7.11 Å². The first-order valence-electron chi connectivity index (χ1n) is 7.11. The van der Waals surface area contributed by atoms with Crippen LogP contribution in [0.1, 0.15) is 25.3 Å². The lowest BCUT2D eigenvalue weighted by Gasteiger charge is -2.11. The maximum atomic E-state index is 12.5. The van der Waals surface area contributed by atoms with Crippen LogP contribution in [0, 0.1) is 10.1 Å². The molecule has 2 aromatic carbocycles. The molecule has 0 heterocycles. The first-order valence-corrected chi connectivity index (χ1v) is 8.52. The summed E-state index contributed by atoms with van der Waals surface area (Å²) < 4.78 is 34.9. The van der Waals surface area contributed by atoms with Gasteiger partial charge in [0.2, 0.25) is 0 Å². The highest BCUT2D eigenvalue weighted by Gasteiger charge is 2.25. The standard InChI is InChI=1S/C16H17NO6S/c1-11(2)12-4-7-14(8-5-12)23-24(20,21)16-10-13(17(18)19)6-9-15(16)22-3/h4-11H,1-3H3. The van der Waals surface area contributed by atoms with Crippen molar-refractivity contribution in [3.63, 3.8) is 0 Å². The zero-order valence-electron chi connectivity index (χ0n) is 13.4. The summed E-state index contributed by atoms with van der Waals surface area (Å²) in [4.78, 5) is 9.79. The first-order chi connectivity index (χ1) is 11.2. The molecule has 0 aromatic heterocycles. The fraction of sp³-hybridized carbons (Fsp3) is 0.250. The van der Waals surface area contributed by atoms with Crippen LogP contribution in [-0.4, -0.2) is 20.5 Å². The second kappa shape index (κ2) is 6.88. The number of ether oxygens (including phenoxy) is 1. The van der Waals surface area contributed by atoms with Gasteiger partial charge in [0.05, 0.1) is 12.0 Å². The summed E-state index contributed by atoms with van der Waals surface area (Å²) in [6, 6.07) is 9.90. The molecule has 2 aromatic rings. The molecule has 0 amide bonds. The van der Waals surface area contributed by atoms with Gasteiger partial charge in [0, 0.05) is 12.1 Å². The van der Waals surface area contributed by atoms with E-state index in [2.05, 4.69) is 0 Å². The zero-order valence-corrected chi connectivity index (χ0v) is 14.2. The van der Waals surface area contributed by atoms with Gasteiger partial charge in [0.25, 0.3) is 5.69 Å². The van der Waals surface area contributed by atoms with E-state index in [1.54, 1.807) is 12.1 Å². The van der Waals surface area contributed by atoms with Gasteiger partial charge in [-0.1, -0.05) is 26.0 Å². The van der Waals surface area contributed by atoms with Gasteiger partial charge in [0.1, 0.15) is 11.5 Å². The van der Waals surface area contributed by atoms with Crippen LogP contribution in [0.15, 0.2) is 47.4 Å². The van der Waals surface area contributed by atoms with E-state index < -0.39 is 19.9 Å². The van der Waals surface area contributed by atoms with Crippen molar-refractivity contribution < 1.29 is 22.3 Å². The lowest BCUT2D eigenvalue weighted by molar-refractivity contribution is -0.385. The van der Waals surface area contributed by atoms with Gasteiger partial charge in [-0.2, -0.15) is 8.42 Å². The van der Waals surface area contributed by atoms with E-state index in [0.29, 0.717) is 5.92 Å². The van der Waals surface area contributed by atoms with Crippen LogP contribution in [-0.2, 0) is 10.1 Å². The number of methoxy groups -OCH3 is 1. The Labute approximate surface area is 140 Å². The predicted octanol–water partition coefficient (Wildman–Crippen LogP) is 3.49. The Morgan fingerprint density at radius 3 is 2.21 bits per heavy atom. The summed E-state index contributed by atoms with van der Waals surface area (Å²) in [5.41, 5.74) is 0.667. The topological polar surface area (TPSA) is 95.7 Å². The molecular weight excluding hydrogens is 334 g/mol. The van der Waals surface area contributed by atoms with Crippen molar-refractivity contribution in [3.8, 4) is 11.5 Å². The average molecular weight is 351 g/mol. The van der Waals surface area contributed by atoms with E-state index in [4.69, 9.17) is 8.92 Å². The highest BCUT2D eigenvalue weighted by Crippen LogP contribution is 2.30. The number of hydrogen-bond donors (Lipinski definition) is 0. The van der Waals surface area contributed by atoms with E-state index in [-0.39, 0.29) is 17.2 Å². The van der Waals surface area contributed by atoms with E-state index in [0.717, 1.165) is 17.7 Å². The molecule has 0 spiro atoms. The lowest BCUT2D eigenvalue weighted by Crippen LogP contribution is -2.11. The van der Waals surface area contributed by atoms with Gasteiger partial charge in [-0.25, -0.2) is 0 Å². The minimum atomic E-state index is -4.27. The van der Waals surface area contributed by atoms with Gasteiger partial charge < -0.3 is 8.92 Å². The van der Waals surface area contributed by atoms with E-state index in [1.807, 2.05) is 13.8 Å². The molecule has 0 saturated carbocycles. The van der Waals surface area contributed by atoms with Gasteiger partial charge in [-0.3, -0.25) is 10.1 Å². The molecule has 0 aliphatic carbocycles. The van der Waals surface area contributed by atoms with Crippen LogP contribution in [0.5, 0.6) is 11.5 Å². The number of nitro groups is 1. The minimum Gasteiger partial charge on any atom is -0.495 e. The molecule has 0 aliphatic rings. The third kappa shape index (κ3) is 3.83. The van der Waals surface area contributed by atoms with Crippen LogP contribution in [0.3, 0.4) is 0 Å². The van der Waals surface area contributed by atoms with Gasteiger partial charge in [-0.15, -0.1) is 0 Å². The molecule has 0 N–H and O–H groups in total. The van der Waals surface area contributed by atoms with Crippen LogP contribution < -0.4 is 8.92 Å². The van der Waals surface area contributed by atoms with E-state index in [9.17, 15) is 18.5 Å². The van der Waals surface area contributed by atoms with E-state index in [1.165, 1.54) is 25.3 Å². The number of nitro benzene ring substituents is 1. The van der Waals surface area contributed by atoms with Crippen LogP contribution in [0.25, 0.3) is 0 Å². The molecular formula is C16H17NO6S. The summed E-state index contributed by atoms with van der Waals surface area (Å²) in [6.07, 6.45) is 0. The number of hydrogen-bond acceptors (Lipinski definition) is 6. The summed E-state index contributed by atoms with van der Waals surface area (Å²) in [5, 5.41) is 10.9. The smallest absolute Gasteiger partial charge is 0.343 e. The van der Waals surface area contributed by atoms with Crippen molar-refractivity contribution in [3.05, 3.63) is 58.1 Å². The summed E-state index contributed by atoms with van der Waals surface area (Å²) in [6.45, 7) is 4.03. The molecule has 0 aliphatic heterocycles. The molecule has 24 heavy (non-hydrogen) atoms. The van der Waals surface area contributed by atoms with Crippen molar-refractivity contribution in [1.29, 1.82) is 0 Å². The zero-order chi connectivity index (χ0) is 17.9. The Balaban J connectivity index is 2.39. The molecule has 0 unspecified atom stereocenters. The predicted molar refractivity (Wildman–Crippen MR) is 88.0 cm³/mol. The molecule has 2 rings (SSSR count). The third-order valence-electron chi connectivity index (χ3n) is 3.38. The molecule has 7 nitrogen and oxygen atoms in total. The number of benzene rings is 2. The summed E-state index contributed by atoms with van der Waals surface area (Å²) in [7, 11) is -3.00. The molecule has 0 fully saturated rings. The lowest BCUT2D eigenvalue weighted by atomic mass is 10.0. The molecule has 0 atom stereocenters. The Bertz CT molecular complexity index is 843. The maximum absolute atomic E-state index is 12.5. The van der Waals surface area contributed by atoms with Crippen LogP contribution in [0.4, 0.5) is 5.69 Å². The molecule has 8 heteroatoms. The normalized spacial score (nSPS) is 11.3.